The summed E-state index contributed by atoms with van der Waals surface area (Å²) in [4.78, 5) is 28.3. The number of carbonyl (C=O) groups is 2. The van der Waals surface area contributed by atoms with E-state index in [1.807, 2.05) is 51.1 Å². The van der Waals surface area contributed by atoms with E-state index in [1.165, 1.54) is 35.2 Å². The summed E-state index contributed by atoms with van der Waals surface area (Å²) < 4.78 is 28.6. The molecule has 3 aromatic rings. The lowest BCUT2D eigenvalue weighted by Gasteiger charge is -2.33. The average molecular weight is 591 g/mol. The van der Waals surface area contributed by atoms with Gasteiger partial charge in [0.05, 0.1) is 10.6 Å². The summed E-state index contributed by atoms with van der Waals surface area (Å²) >= 11 is 12.2. The van der Waals surface area contributed by atoms with Gasteiger partial charge in [0.25, 0.3) is 10.0 Å². The molecule has 1 atom stereocenters. The SMILES string of the molecule is C[C@H](C(=O)NC(C)(C)C)N(CCc1ccccc1)C(=O)CN(c1cccc(Cl)c1)S(=O)(=O)c1ccc(Cl)cc1. The van der Waals surface area contributed by atoms with E-state index >= 15 is 0 Å². The van der Waals surface area contributed by atoms with Crippen LogP contribution in [0.2, 0.25) is 10.0 Å². The first-order chi connectivity index (χ1) is 18.3. The Bertz CT molecular complexity index is 1390. The van der Waals surface area contributed by atoms with Crippen molar-refractivity contribution in [3.05, 3.63) is 94.5 Å². The maximum atomic E-state index is 13.9. The largest absolute Gasteiger partial charge is 0.350 e. The van der Waals surface area contributed by atoms with Gasteiger partial charge in [0.15, 0.2) is 0 Å². The van der Waals surface area contributed by atoms with Gasteiger partial charge >= 0.3 is 0 Å². The molecule has 0 unspecified atom stereocenters. The van der Waals surface area contributed by atoms with Crippen LogP contribution in [0.25, 0.3) is 0 Å². The molecule has 10 heteroatoms. The molecule has 0 fully saturated rings. The fourth-order valence-corrected chi connectivity index (χ4v) is 5.65. The van der Waals surface area contributed by atoms with Crippen LogP contribution in [0.3, 0.4) is 0 Å². The number of hydrogen-bond donors (Lipinski definition) is 1. The number of sulfonamides is 1. The van der Waals surface area contributed by atoms with Crippen LogP contribution >= 0.6 is 23.2 Å². The smallest absolute Gasteiger partial charge is 0.264 e. The van der Waals surface area contributed by atoms with Crippen molar-refractivity contribution >= 4 is 50.7 Å². The van der Waals surface area contributed by atoms with E-state index in [-0.39, 0.29) is 23.0 Å². The third-order valence-electron chi connectivity index (χ3n) is 5.93. The summed E-state index contributed by atoms with van der Waals surface area (Å²) in [6.07, 6.45) is 0.487. The Balaban J connectivity index is 1.99. The highest BCUT2D eigenvalue weighted by Gasteiger charge is 2.33. The molecule has 0 aliphatic heterocycles. The van der Waals surface area contributed by atoms with Crippen molar-refractivity contribution in [3.63, 3.8) is 0 Å². The van der Waals surface area contributed by atoms with Crippen molar-refractivity contribution in [1.82, 2.24) is 10.2 Å². The van der Waals surface area contributed by atoms with Crippen LogP contribution in [0.4, 0.5) is 5.69 Å². The molecular formula is C29H33Cl2N3O4S. The van der Waals surface area contributed by atoms with Crippen LogP contribution < -0.4 is 9.62 Å². The van der Waals surface area contributed by atoms with Crippen molar-refractivity contribution in [2.75, 3.05) is 17.4 Å². The molecule has 0 spiro atoms. The molecule has 0 radical (unpaired) electrons. The minimum atomic E-state index is -4.19. The zero-order chi connectivity index (χ0) is 28.8. The van der Waals surface area contributed by atoms with E-state index in [0.717, 1.165) is 9.87 Å². The molecule has 0 aliphatic carbocycles. The van der Waals surface area contributed by atoms with Crippen LogP contribution in [0.5, 0.6) is 0 Å². The van der Waals surface area contributed by atoms with Crippen molar-refractivity contribution in [1.29, 1.82) is 0 Å². The third kappa shape index (κ3) is 8.46. The highest BCUT2D eigenvalue weighted by atomic mass is 35.5. The molecule has 0 saturated heterocycles. The molecular weight excluding hydrogens is 557 g/mol. The van der Waals surface area contributed by atoms with Gasteiger partial charge in [-0.1, -0.05) is 59.6 Å². The fourth-order valence-electron chi connectivity index (χ4n) is 3.94. The number of halogens is 2. The molecule has 0 aromatic heterocycles. The Morgan fingerprint density at radius 2 is 1.54 bits per heavy atom. The predicted molar refractivity (Wildman–Crippen MR) is 157 cm³/mol. The number of carbonyl (C=O) groups excluding carboxylic acids is 2. The molecule has 0 saturated carbocycles. The lowest BCUT2D eigenvalue weighted by atomic mass is 10.1. The van der Waals surface area contributed by atoms with Gasteiger partial charge in [-0.3, -0.25) is 13.9 Å². The maximum absolute atomic E-state index is 13.9. The van der Waals surface area contributed by atoms with Crippen molar-refractivity contribution in [2.24, 2.45) is 0 Å². The minimum Gasteiger partial charge on any atom is -0.350 e. The number of nitrogens with zero attached hydrogens (tertiary/aromatic N) is 2. The quantitative estimate of drug-likeness (QED) is 0.335. The summed E-state index contributed by atoms with van der Waals surface area (Å²) in [6.45, 7) is 6.88. The van der Waals surface area contributed by atoms with Gasteiger partial charge in [-0.15, -0.1) is 0 Å². The zero-order valence-electron chi connectivity index (χ0n) is 22.4. The predicted octanol–water partition coefficient (Wildman–Crippen LogP) is 5.56. The third-order valence-corrected chi connectivity index (χ3v) is 8.20. The topological polar surface area (TPSA) is 86.8 Å². The van der Waals surface area contributed by atoms with Crippen molar-refractivity contribution < 1.29 is 18.0 Å². The zero-order valence-corrected chi connectivity index (χ0v) is 24.7. The van der Waals surface area contributed by atoms with E-state index < -0.39 is 34.1 Å². The van der Waals surface area contributed by atoms with E-state index in [0.29, 0.717) is 16.5 Å². The fraction of sp³-hybridized carbons (Fsp3) is 0.310. The van der Waals surface area contributed by atoms with Gasteiger partial charge in [-0.05, 0) is 82.1 Å². The number of benzene rings is 3. The summed E-state index contributed by atoms with van der Waals surface area (Å²) in [5, 5.41) is 3.61. The van der Waals surface area contributed by atoms with Gasteiger partial charge in [-0.2, -0.15) is 0 Å². The van der Waals surface area contributed by atoms with Crippen molar-refractivity contribution in [2.45, 2.75) is 50.6 Å². The Morgan fingerprint density at radius 1 is 0.897 bits per heavy atom. The second-order valence-corrected chi connectivity index (χ2v) is 12.9. The van der Waals surface area contributed by atoms with E-state index in [2.05, 4.69) is 5.32 Å². The normalized spacial score (nSPS) is 12.5. The molecule has 3 rings (SSSR count). The summed E-state index contributed by atoms with van der Waals surface area (Å²) in [7, 11) is -4.19. The van der Waals surface area contributed by atoms with Gasteiger partial charge in [-0.25, -0.2) is 8.42 Å². The van der Waals surface area contributed by atoms with Gasteiger partial charge < -0.3 is 10.2 Å². The molecule has 2 amide bonds. The lowest BCUT2D eigenvalue weighted by Crippen LogP contribution is -2.55. The molecule has 3 aromatic carbocycles. The molecule has 0 aliphatic rings. The van der Waals surface area contributed by atoms with E-state index in [9.17, 15) is 18.0 Å². The Hall–Kier alpha value is -3.07. The Kier molecular flexibility index (Phi) is 10.0. The van der Waals surface area contributed by atoms with Crippen LogP contribution in [-0.2, 0) is 26.0 Å². The molecule has 1 N–H and O–H groups in total. The number of nitrogens with one attached hydrogen (secondary N) is 1. The number of rotatable bonds is 10. The van der Waals surface area contributed by atoms with Gasteiger partial charge in [0, 0.05) is 22.1 Å². The number of anilines is 1. The van der Waals surface area contributed by atoms with E-state index in [1.54, 1.807) is 25.1 Å². The molecule has 0 bridgehead atoms. The molecule has 208 valence electrons. The monoisotopic (exact) mass is 589 g/mol. The van der Waals surface area contributed by atoms with Crippen LogP contribution in [-0.4, -0.2) is 49.8 Å². The molecule has 7 nitrogen and oxygen atoms in total. The van der Waals surface area contributed by atoms with Crippen LogP contribution in [0.1, 0.15) is 33.3 Å². The van der Waals surface area contributed by atoms with E-state index in [4.69, 9.17) is 23.2 Å². The minimum absolute atomic E-state index is 0.0333. The Labute approximate surface area is 240 Å². The second kappa shape index (κ2) is 12.9. The van der Waals surface area contributed by atoms with Gasteiger partial charge in [0.1, 0.15) is 12.6 Å². The first kappa shape index (κ1) is 30.5. The first-order valence-electron chi connectivity index (χ1n) is 12.5. The van der Waals surface area contributed by atoms with Gasteiger partial charge in [0.2, 0.25) is 11.8 Å². The number of amides is 2. The van der Waals surface area contributed by atoms with Crippen molar-refractivity contribution in [3.8, 4) is 0 Å². The first-order valence-corrected chi connectivity index (χ1v) is 14.7. The average Bonchev–Trinajstić information content (AvgIpc) is 2.87. The molecule has 0 heterocycles. The summed E-state index contributed by atoms with van der Waals surface area (Å²) in [6, 6.07) is 20.7. The van der Waals surface area contributed by atoms with Crippen LogP contribution in [0, 0.1) is 0 Å². The molecule has 39 heavy (non-hydrogen) atoms. The highest BCUT2D eigenvalue weighted by Crippen LogP contribution is 2.27. The Morgan fingerprint density at radius 3 is 2.13 bits per heavy atom. The summed E-state index contributed by atoms with van der Waals surface area (Å²) in [5.74, 6) is -0.862. The number of hydrogen-bond acceptors (Lipinski definition) is 4. The van der Waals surface area contributed by atoms with Crippen LogP contribution in [0.15, 0.2) is 83.8 Å². The standard InChI is InChI=1S/C29H33Cl2N3O4S/c1-21(28(36)32-29(2,3)4)33(18-17-22-9-6-5-7-10-22)27(35)20-34(25-12-8-11-24(31)19-25)39(37,38)26-15-13-23(30)14-16-26/h5-16,19,21H,17-18,20H2,1-4H3,(H,32,36)/t21-/m1/s1. The summed E-state index contributed by atoms with van der Waals surface area (Å²) in [5.41, 5.74) is 0.698. The second-order valence-electron chi connectivity index (χ2n) is 10.2. The lowest BCUT2D eigenvalue weighted by molar-refractivity contribution is -0.139. The maximum Gasteiger partial charge on any atom is 0.264 e. The highest BCUT2D eigenvalue weighted by molar-refractivity contribution is 7.92.